The van der Waals surface area contributed by atoms with Gasteiger partial charge in [-0.3, -0.25) is 0 Å². The van der Waals surface area contributed by atoms with Crippen molar-refractivity contribution in [2.45, 2.75) is 26.6 Å². The Hall–Kier alpha value is -2.98. The number of nitrogens with one attached hydrogen (secondary N) is 1. The average molecular weight is 361 g/mol. The molecule has 0 spiro atoms. The predicted molar refractivity (Wildman–Crippen MR) is 105 cm³/mol. The van der Waals surface area contributed by atoms with Gasteiger partial charge in [-0.05, 0) is 36.2 Å². The molecule has 0 atom stereocenters. The fourth-order valence-electron chi connectivity index (χ4n) is 3.03. The Morgan fingerprint density at radius 2 is 1.63 bits per heavy atom. The molecular formula is C23H23NO3. The van der Waals surface area contributed by atoms with Crippen LogP contribution in [0.1, 0.15) is 22.3 Å². The molecule has 0 saturated carbocycles. The lowest BCUT2D eigenvalue weighted by molar-refractivity contribution is 0.174. The third kappa shape index (κ3) is 4.41. The maximum Gasteiger partial charge on any atom is 0.231 e. The zero-order valence-corrected chi connectivity index (χ0v) is 15.4. The van der Waals surface area contributed by atoms with E-state index in [1.165, 1.54) is 11.1 Å². The predicted octanol–water partition coefficient (Wildman–Crippen LogP) is 4.59. The molecule has 0 aromatic heterocycles. The molecule has 0 amide bonds. The Bertz CT molecular complexity index is 906. The molecule has 0 bridgehead atoms. The number of fused-ring (bicyclic) bond motifs is 1. The van der Waals surface area contributed by atoms with Crippen molar-refractivity contribution < 1.29 is 14.2 Å². The molecule has 0 fully saturated rings. The SMILES string of the molecule is Cc1ccc(COc2ccccc2CNCc2ccc3c(c2)OCO3)cc1. The zero-order valence-electron chi connectivity index (χ0n) is 15.4. The van der Waals surface area contributed by atoms with E-state index in [1.54, 1.807) is 0 Å². The second-order valence-electron chi connectivity index (χ2n) is 6.67. The number of benzene rings is 3. The Balaban J connectivity index is 1.34. The number of para-hydroxylation sites is 1. The Kier molecular flexibility index (Phi) is 5.26. The first-order chi connectivity index (χ1) is 13.3. The minimum Gasteiger partial charge on any atom is -0.489 e. The van der Waals surface area contributed by atoms with Crippen LogP contribution in [0.5, 0.6) is 17.2 Å². The van der Waals surface area contributed by atoms with Crippen molar-refractivity contribution in [3.63, 3.8) is 0 Å². The van der Waals surface area contributed by atoms with Gasteiger partial charge in [0, 0.05) is 18.7 Å². The molecule has 4 heteroatoms. The minimum atomic E-state index is 0.303. The Labute approximate surface area is 159 Å². The van der Waals surface area contributed by atoms with E-state index in [9.17, 15) is 0 Å². The summed E-state index contributed by atoms with van der Waals surface area (Å²) in [5.41, 5.74) is 4.73. The fraction of sp³-hybridized carbons (Fsp3) is 0.217. The van der Waals surface area contributed by atoms with Gasteiger partial charge < -0.3 is 19.5 Å². The van der Waals surface area contributed by atoms with Gasteiger partial charge in [-0.1, -0.05) is 54.1 Å². The molecule has 3 aromatic carbocycles. The van der Waals surface area contributed by atoms with Crippen LogP contribution < -0.4 is 19.5 Å². The summed E-state index contributed by atoms with van der Waals surface area (Å²) in [6, 6.07) is 22.6. The van der Waals surface area contributed by atoms with E-state index in [-0.39, 0.29) is 0 Å². The summed E-state index contributed by atoms with van der Waals surface area (Å²) in [7, 11) is 0. The summed E-state index contributed by atoms with van der Waals surface area (Å²) < 4.78 is 16.8. The molecule has 1 N–H and O–H groups in total. The molecular weight excluding hydrogens is 338 g/mol. The molecule has 27 heavy (non-hydrogen) atoms. The monoisotopic (exact) mass is 361 g/mol. The van der Waals surface area contributed by atoms with Crippen molar-refractivity contribution in [3.8, 4) is 17.2 Å². The topological polar surface area (TPSA) is 39.7 Å². The maximum atomic E-state index is 6.05. The van der Waals surface area contributed by atoms with Gasteiger partial charge in [0.1, 0.15) is 12.4 Å². The summed E-state index contributed by atoms with van der Waals surface area (Å²) in [5.74, 6) is 2.54. The first kappa shape index (κ1) is 17.4. The highest BCUT2D eigenvalue weighted by Gasteiger charge is 2.13. The molecule has 138 valence electrons. The van der Waals surface area contributed by atoms with Crippen LogP contribution in [-0.4, -0.2) is 6.79 Å². The molecule has 1 heterocycles. The van der Waals surface area contributed by atoms with E-state index < -0.39 is 0 Å². The summed E-state index contributed by atoms with van der Waals surface area (Å²) in [6.07, 6.45) is 0. The minimum absolute atomic E-state index is 0.303. The number of hydrogen-bond donors (Lipinski definition) is 1. The van der Waals surface area contributed by atoms with Gasteiger partial charge in [0.2, 0.25) is 6.79 Å². The van der Waals surface area contributed by atoms with Crippen LogP contribution in [0.2, 0.25) is 0 Å². The van der Waals surface area contributed by atoms with Crippen LogP contribution in [0.4, 0.5) is 0 Å². The van der Waals surface area contributed by atoms with Crippen LogP contribution >= 0.6 is 0 Å². The molecule has 4 nitrogen and oxygen atoms in total. The molecule has 0 unspecified atom stereocenters. The van der Waals surface area contributed by atoms with E-state index in [1.807, 2.05) is 30.3 Å². The molecule has 1 aliphatic rings. The van der Waals surface area contributed by atoms with Gasteiger partial charge in [-0.25, -0.2) is 0 Å². The van der Waals surface area contributed by atoms with E-state index in [0.717, 1.165) is 41.5 Å². The number of aryl methyl sites for hydroxylation is 1. The number of hydrogen-bond acceptors (Lipinski definition) is 4. The normalized spacial score (nSPS) is 12.2. The summed E-state index contributed by atoms with van der Waals surface area (Å²) in [5, 5.41) is 3.48. The molecule has 0 aliphatic carbocycles. The largest absolute Gasteiger partial charge is 0.489 e. The molecule has 0 radical (unpaired) electrons. The van der Waals surface area contributed by atoms with Crippen LogP contribution in [0.25, 0.3) is 0 Å². The lowest BCUT2D eigenvalue weighted by Crippen LogP contribution is -2.13. The smallest absolute Gasteiger partial charge is 0.231 e. The third-order valence-corrected chi connectivity index (χ3v) is 4.57. The van der Waals surface area contributed by atoms with E-state index in [4.69, 9.17) is 14.2 Å². The quantitative estimate of drug-likeness (QED) is 0.668. The molecule has 1 aliphatic heterocycles. The molecule has 4 rings (SSSR count). The highest BCUT2D eigenvalue weighted by Crippen LogP contribution is 2.32. The Morgan fingerprint density at radius 1 is 0.852 bits per heavy atom. The van der Waals surface area contributed by atoms with Gasteiger partial charge in [0.25, 0.3) is 0 Å². The maximum absolute atomic E-state index is 6.05. The van der Waals surface area contributed by atoms with Crippen molar-refractivity contribution in [1.29, 1.82) is 0 Å². The average Bonchev–Trinajstić information content (AvgIpc) is 3.16. The zero-order chi connectivity index (χ0) is 18.5. The molecule has 3 aromatic rings. The molecule has 0 saturated heterocycles. The van der Waals surface area contributed by atoms with Crippen LogP contribution in [0.3, 0.4) is 0 Å². The van der Waals surface area contributed by atoms with E-state index in [2.05, 4.69) is 48.6 Å². The second-order valence-corrected chi connectivity index (χ2v) is 6.67. The summed E-state index contributed by atoms with van der Waals surface area (Å²) in [6.45, 7) is 4.45. The second kappa shape index (κ2) is 8.14. The first-order valence-electron chi connectivity index (χ1n) is 9.13. The van der Waals surface area contributed by atoms with Crippen molar-refractivity contribution in [3.05, 3.63) is 89.0 Å². The van der Waals surface area contributed by atoms with Gasteiger partial charge in [-0.2, -0.15) is 0 Å². The van der Waals surface area contributed by atoms with Crippen molar-refractivity contribution in [1.82, 2.24) is 5.32 Å². The van der Waals surface area contributed by atoms with Crippen molar-refractivity contribution >= 4 is 0 Å². The lowest BCUT2D eigenvalue weighted by Gasteiger charge is -2.13. The van der Waals surface area contributed by atoms with Crippen molar-refractivity contribution in [2.75, 3.05) is 6.79 Å². The van der Waals surface area contributed by atoms with Crippen LogP contribution in [0.15, 0.2) is 66.7 Å². The van der Waals surface area contributed by atoms with Gasteiger partial charge in [0.15, 0.2) is 11.5 Å². The van der Waals surface area contributed by atoms with Crippen LogP contribution in [0, 0.1) is 6.92 Å². The van der Waals surface area contributed by atoms with Gasteiger partial charge >= 0.3 is 0 Å². The standard InChI is InChI=1S/C23H23NO3/c1-17-6-8-18(9-7-17)15-25-21-5-3-2-4-20(21)14-24-13-19-10-11-22-23(12-19)27-16-26-22/h2-12,24H,13-16H2,1H3. The van der Waals surface area contributed by atoms with Crippen molar-refractivity contribution in [2.24, 2.45) is 0 Å². The lowest BCUT2D eigenvalue weighted by atomic mass is 10.1. The third-order valence-electron chi connectivity index (χ3n) is 4.57. The van der Waals surface area contributed by atoms with Gasteiger partial charge in [-0.15, -0.1) is 0 Å². The first-order valence-corrected chi connectivity index (χ1v) is 9.13. The van der Waals surface area contributed by atoms with E-state index in [0.29, 0.717) is 13.4 Å². The number of rotatable bonds is 7. The highest BCUT2D eigenvalue weighted by atomic mass is 16.7. The van der Waals surface area contributed by atoms with Crippen LogP contribution in [-0.2, 0) is 19.7 Å². The van der Waals surface area contributed by atoms with Gasteiger partial charge in [0.05, 0.1) is 0 Å². The number of ether oxygens (including phenoxy) is 3. The summed E-state index contributed by atoms with van der Waals surface area (Å²) >= 11 is 0. The highest BCUT2D eigenvalue weighted by molar-refractivity contribution is 5.44. The van der Waals surface area contributed by atoms with E-state index >= 15 is 0 Å². The summed E-state index contributed by atoms with van der Waals surface area (Å²) in [4.78, 5) is 0. The fourth-order valence-corrected chi connectivity index (χ4v) is 3.03. The Morgan fingerprint density at radius 3 is 2.52 bits per heavy atom.